The fourth-order valence-corrected chi connectivity index (χ4v) is 3.96. The number of aliphatic carboxylic acids is 1. The zero-order chi connectivity index (χ0) is 22.1. The van der Waals surface area contributed by atoms with Crippen molar-refractivity contribution in [3.63, 3.8) is 0 Å². The van der Waals surface area contributed by atoms with Crippen LogP contribution in [0.15, 0.2) is 12.2 Å². The summed E-state index contributed by atoms with van der Waals surface area (Å²) < 4.78 is 0. The average molecular weight is 425 g/mol. The molecule has 178 valence electrons. The second-order valence-corrected chi connectivity index (χ2v) is 9.07. The van der Waals surface area contributed by atoms with E-state index in [2.05, 4.69) is 6.92 Å². The van der Waals surface area contributed by atoms with Crippen molar-refractivity contribution in [1.29, 1.82) is 0 Å². The van der Waals surface area contributed by atoms with E-state index in [1.54, 1.807) is 6.08 Å². The third-order valence-corrected chi connectivity index (χ3v) is 6.04. The summed E-state index contributed by atoms with van der Waals surface area (Å²) in [5, 5.41) is 17.7. The largest absolute Gasteiger partial charge is 0.479 e. The van der Waals surface area contributed by atoms with Crippen LogP contribution in [0.3, 0.4) is 0 Å². The predicted octanol–water partition coefficient (Wildman–Crippen LogP) is 8.59. The second kappa shape index (κ2) is 24.4. The summed E-state index contributed by atoms with van der Waals surface area (Å²) in [7, 11) is 0. The Morgan fingerprint density at radius 2 is 0.933 bits per heavy atom. The van der Waals surface area contributed by atoms with Crippen LogP contribution in [-0.4, -0.2) is 22.3 Å². The van der Waals surface area contributed by atoms with Crippen LogP contribution < -0.4 is 0 Å². The van der Waals surface area contributed by atoms with Crippen LogP contribution in [0.1, 0.15) is 148 Å². The van der Waals surface area contributed by atoms with Crippen molar-refractivity contribution in [3.05, 3.63) is 12.2 Å². The van der Waals surface area contributed by atoms with Crippen molar-refractivity contribution in [2.75, 3.05) is 0 Å². The van der Waals surface area contributed by atoms with Crippen LogP contribution in [0.5, 0.6) is 0 Å². The summed E-state index contributed by atoms with van der Waals surface area (Å²) in [6.45, 7) is 2.29. The summed E-state index contributed by atoms with van der Waals surface area (Å²) in [5.74, 6) is -1.14. The molecule has 0 rings (SSSR count). The van der Waals surface area contributed by atoms with Gasteiger partial charge in [0.1, 0.15) is 0 Å². The number of hydrogen-bond acceptors (Lipinski definition) is 2. The number of unbranched alkanes of at least 4 members (excludes halogenated alkanes) is 20. The molecule has 0 saturated carbocycles. The number of carbonyl (C=O) groups is 1. The van der Waals surface area contributed by atoms with Crippen molar-refractivity contribution in [2.24, 2.45) is 0 Å². The van der Waals surface area contributed by atoms with Gasteiger partial charge in [0.25, 0.3) is 0 Å². The molecule has 1 atom stereocenters. The Balaban J connectivity index is 3.10. The molecular formula is C27H52O3. The average Bonchev–Trinajstić information content (AvgIpc) is 2.74. The Kier molecular flexibility index (Phi) is 23.8. The highest BCUT2D eigenvalue weighted by Gasteiger charge is 2.09. The Hall–Kier alpha value is -0.830. The Morgan fingerprint density at radius 3 is 1.27 bits per heavy atom. The van der Waals surface area contributed by atoms with Crippen LogP contribution in [-0.2, 0) is 4.79 Å². The number of carboxylic acids is 1. The molecule has 3 nitrogen and oxygen atoms in total. The molecular weight excluding hydrogens is 372 g/mol. The van der Waals surface area contributed by atoms with Gasteiger partial charge >= 0.3 is 5.97 Å². The first-order valence-corrected chi connectivity index (χ1v) is 13.2. The number of aliphatic hydroxyl groups excluding tert-OH is 1. The lowest BCUT2D eigenvalue weighted by atomic mass is 10.0. The van der Waals surface area contributed by atoms with Gasteiger partial charge in [0.15, 0.2) is 6.10 Å². The molecule has 0 aromatic rings. The van der Waals surface area contributed by atoms with Crippen molar-refractivity contribution < 1.29 is 15.0 Å². The highest BCUT2D eigenvalue weighted by Crippen LogP contribution is 2.15. The molecule has 0 bridgehead atoms. The molecule has 0 aromatic heterocycles. The molecule has 0 aliphatic heterocycles. The number of aliphatic hydroxyl groups is 1. The zero-order valence-electron chi connectivity index (χ0n) is 20.1. The van der Waals surface area contributed by atoms with Gasteiger partial charge in [-0.15, -0.1) is 0 Å². The fraction of sp³-hybridized carbons (Fsp3) is 0.889. The van der Waals surface area contributed by atoms with Gasteiger partial charge in [0.2, 0.25) is 0 Å². The van der Waals surface area contributed by atoms with Crippen molar-refractivity contribution >= 4 is 5.97 Å². The van der Waals surface area contributed by atoms with E-state index < -0.39 is 12.1 Å². The summed E-state index contributed by atoms with van der Waals surface area (Å²) in [6, 6.07) is 0. The maximum absolute atomic E-state index is 10.5. The third kappa shape index (κ3) is 23.4. The smallest absolute Gasteiger partial charge is 0.332 e. The predicted molar refractivity (Wildman–Crippen MR) is 130 cm³/mol. The third-order valence-electron chi connectivity index (χ3n) is 6.04. The number of rotatable bonds is 24. The molecule has 30 heavy (non-hydrogen) atoms. The van der Waals surface area contributed by atoms with Crippen molar-refractivity contribution in [1.82, 2.24) is 0 Å². The zero-order valence-corrected chi connectivity index (χ0v) is 20.1. The van der Waals surface area contributed by atoms with E-state index in [1.807, 2.05) is 6.08 Å². The first kappa shape index (κ1) is 29.2. The Labute approximate surface area is 187 Å². The topological polar surface area (TPSA) is 57.5 Å². The molecule has 2 N–H and O–H groups in total. The Bertz CT molecular complexity index is 378. The van der Waals surface area contributed by atoms with Crippen LogP contribution in [0.25, 0.3) is 0 Å². The number of allylic oxidation sites excluding steroid dienone is 1. The monoisotopic (exact) mass is 424 g/mol. The fourth-order valence-electron chi connectivity index (χ4n) is 3.96. The summed E-state index contributed by atoms with van der Waals surface area (Å²) >= 11 is 0. The lowest BCUT2D eigenvalue weighted by molar-refractivity contribution is -0.146. The van der Waals surface area contributed by atoms with E-state index >= 15 is 0 Å². The van der Waals surface area contributed by atoms with E-state index in [9.17, 15) is 4.79 Å². The number of hydrogen-bond donors (Lipinski definition) is 2. The normalized spacial score (nSPS) is 12.6. The quantitative estimate of drug-likeness (QED) is 0.120. The molecule has 3 heteroatoms. The minimum Gasteiger partial charge on any atom is -0.479 e. The van der Waals surface area contributed by atoms with E-state index in [4.69, 9.17) is 10.2 Å². The SMILES string of the molecule is CCCCCCCCCCCCCCCCCCCCCCC=CCC(O)C(=O)O. The molecule has 0 aromatic carbocycles. The standard InChI is InChI=1S/C27H52O3/c1-2-3-4-5-6-7-8-9-10-11-12-13-14-15-16-17-18-19-20-21-22-23-24-25-26(28)27(29)30/h23-24,26,28H,2-22,25H2,1H3,(H,29,30). The second-order valence-electron chi connectivity index (χ2n) is 9.07. The number of carboxylic acid groups (broad SMARTS) is 1. The summed E-state index contributed by atoms with van der Waals surface area (Å²) in [6.07, 6.45) is 31.7. The highest BCUT2D eigenvalue weighted by molar-refractivity contribution is 5.72. The molecule has 0 saturated heterocycles. The van der Waals surface area contributed by atoms with Crippen LogP contribution >= 0.6 is 0 Å². The van der Waals surface area contributed by atoms with Gasteiger partial charge in [-0.25, -0.2) is 4.79 Å². The van der Waals surface area contributed by atoms with E-state index in [0.29, 0.717) is 0 Å². The van der Waals surface area contributed by atoms with Gasteiger partial charge in [0, 0.05) is 6.42 Å². The molecule has 0 spiro atoms. The maximum Gasteiger partial charge on any atom is 0.332 e. The van der Waals surface area contributed by atoms with Gasteiger partial charge in [-0.2, -0.15) is 0 Å². The van der Waals surface area contributed by atoms with Crippen LogP contribution in [0.2, 0.25) is 0 Å². The van der Waals surface area contributed by atoms with Crippen molar-refractivity contribution in [3.8, 4) is 0 Å². The van der Waals surface area contributed by atoms with E-state index in [0.717, 1.165) is 6.42 Å². The lowest BCUT2D eigenvalue weighted by Crippen LogP contribution is -2.17. The van der Waals surface area contributed by atoms with Crippen molar-refractivity contribution in [2.45, 2.75) is 154 Å². The molecule has 0 aliphatic carbocycles. The van der Waals surface area contributed by atoms with Gasteiger partial charge < -0.3 is 10.2 Å². The highest BCUT2D eigenvalue weighted by atomic mass is 16.4. The molecule has 1 unspecified atom stereocenters. The summed E-state index contributed by atoms with van der Waals surface area (Å²) in [5.41, 5.74) is 0. The van der Waals surface area contributed by atoms with Gasteiger partial charge in [0.05, 0.1) is 0 Å². The lowest BCUT2D eigenvalue weighted by Gasteiger charge is -2.04. The molecule has 0 aliphatic rings. The van der Waals surface area contributed by atoms with Gasteiger partial charge in [-0.3, -0.25) is 0 Å². The first-order chi connectivity index (χ1) is 14.7. The minimum atomic E-state index is -1.25. The molecule has 0 heterocycles. The molecule has 0 radical (unpaired) electrons. The summed E-state index contributed by atoms with van der Waals surface area (Å²) in [4.78, 5) is 10.5. The maximum atomic E-state index is 10.5. The molecule has 0 fully saturated rings. The minimum absolute atomic E-state index is 0.217. The van der Waals surface area contributed by atoms with Gasteiger partial charge in [-0.05, 0) is 12.8 Å². The van der Waals surface area contributed by atoms with E-state index in [-0.39, 0.29) is 6.42 Å². The van der Waals surface area contributed by atoms with Gasteiger partial charge in [-0.1, -0.05) is 141 Å². The first-order valence-electron chi connectivity index (χ1n) is 13.2. The van der Waals surface area contributed by atoms with E-state index in [1.165, 1.54) is 128 Å². The van der Waals surface area contributed by atoms with Crippen LogP contribution in [0.4, 0.5) is 0 Å². The van der Waals surface area contributed by atoms with Crippen LogP contribution in [0, 0.1) is 0 Å². The Morgan fingerprint density at radius 1 is 0.600 bits per heavy atom. The molecule has 0 amide bonds.